The van der Waals surface area contributed by atoms with E-state index in [1.54, 1.807) is 0 Å². The molecule has 5 unspecified atom stereocenters. The summed E-state index contributed by atoms with van der Waals surface area (Å²) >= 11 is 0. The number of esters is 4. The van der Waals surface area contributed by atoms with Gasteiger partial charge < -0.3 is 33.8 Å². The normalized spacial score (nSPS) is 14.7. The van der Waals surface area contributed by atoms with Gasteiger partial charge in [0.1, 0.15) is 19.3 Å². The summed E-state index contributed by atoms with van der Waals surface area (Å²) < 4.78 is 68.4. The van der Waals surface area contributed by atoms with Gasteiger partial charge in [0.2, 0.25) is 0 Å². The minimum Gasteiger partial charge on any atom is -0.462 e. The zero-order valence-electron chi connectivity index (χ0n) is 62.3. The second kappa shape index (κ2) is 72.5. The van der Waals surface area contributed by atoms with Crippen molar-refractivity contribution in [3.63, 3.8) is 0 Å². The number of hydrogen-bond acceptors (Lipinski definition) is 15. The van der Waals surface area contributed by atoms with E-state index in [-0.39, 0.29) is 25.7 Å². The van der Waals surface area contributed by atoms with Gasteiger partial charge >= 0.3 is 39.5 Å². The zero-order chi connectivity index (χ0) is 73.2. The largest absolute Gasteiger partial charge is 0.472 e. The molecule has 0 bridgehead atoms. The van der Waals surface area contributed by atoms with Crippen LogP contribution in [0.3, 0.4) is 0 Å². The van der Waals surface area contributed by atoms with E-state index in [1.165, 1.54) is 38.5 Å². The predicted molar refractivity (Wildman–Crippen MR) is 408 cm³/mol. The van der Waals surface area contributed by atoms with Crippen molar-refractivity contribution in [3.8, 4) is 0 Å². The molecule has 17 nitrogen and oxygen atoms in total. The SMILES string of the molecule is CC/C=C\C/C=C\C/C=C\C/C=C\C/C=C\CCCCCC(=O)OCC(COP(=O)(O)OCC(O)COP(=O)(O)OCC(COC(=O)CCCCCCC/C=C\CCCCCC)OC(=O)CCCCCCC/C=C\CCCC)OC(=O)CCCCCC/C=C\C/C=C\C/C=C\C/C=C\CC. The summed E-state index contributed by atoms with van der Waals surface area (Å²) in [5, 5.41) is 10.6. The first-order chi connectivity index (χ1) is 48.7. The molecule has 0 aliphatic carbocycles. The van der Waals surface area contributed by atoms with E-state index in [1.807, 2.05) is 0 Å². The third-order valence-corrected chi connectivity index (χ3v) is 17.5. The van der Waals surface area contributed by atoms with Gasteiger partial charge in [-0.2, -0.15) is 0 Å². The van der Waals surface area contributed by atoms with E-state index in [0.29, 0.717) is 25.7 Å². The molecule has 5 atom stereocenters. The van der Waals surface area contributed by atoms with Gasteiger partial charge in [-0.1, -0.05) is 251 Å². The van der Waals surface area contributed by atoms with Crippen LogP contribution in [0.2, 0.25) is 0 Å². The Kier molecular flexibility index (Phi) is 69.1. The highest BCUT2D eigenvalue weighted by molar-refractivity contribution is 7.47. The summed E-state index contributed by atoms with van der Waals surface area (Å²) in [5.41, 5.74) is 0. The van der Waals surface area contributed by atoms with Gasteiger partial charge in [-0.05, 0) is 154 Å². The standard InChI is InChI=1S/C81H136O17P2/c1-5-9-13-17-21-25-29-32-34-36-37-39-40-43-47-50-54-58-62-66-79(84)92-72-77(98-81(86)68-64-60-56-52-48-44-41-38-35-33-30-26-22-18-14-10-6-2)74-96-100(89,90)94-70-75(82)69-93-99(87,88)95-73-76(97-80(85)67-63-59-55-51-45-28-24-20-16-12-8-4)71-91-78(83)65-61-57-53-49-46-42-31-27-23-19-15-11-7-3/h9-10,13-14,20-22,24-27,31-35,37,39,41,43-44,47,75-77,82H,5-8,11-12,15-19,23,28-30,36,38,40,42,45-46,48-74H2,1-4H3,(H,87,88)(H,89,90)/b13-9-,14-10-,24-20-,25-21-,26-22-,31-27-,34-32-,35-33-,39-37-,44-41-,47-43-. The van der Waals surface area contributed by atoms with Crippen LogP contribution in [0.15, 0.2) is 134 Å². The number of aliphatic hydroxyl groups is 1. The van der Waals surface area contributed by atoms with Crippen molar-refractivity contribution < 1.29 is 80.2 Å². The molecule has 0 spiro atoms. The lowest BCUT2D eigenvalue weighted by molar-refractivity contribution is -0.161. The van der Waals surface area contributed by atoms with Crippen LogP contribution in [-0.4, -0.2) is 96.7 Å². The van der Waals surface area contributed by atoms with Crippen molar-refractivity contribution in [2.45, 2.75) is 316 Å². The summed E-state index contributed by atoms with van der Waals surface area (Å²) in [6.45, 7) is 4.50. The lowest BCUT2D eigenvalue weighted by atomic mass is 10.1. The van der Waals surface area contributed by atoms with Crippen molar-refractivity contribution >= 4 is 39.5 Å². The van der Waals surface area contributed by atoms with Gasteiger partial charge in [0.25, 0.3) is 0 Å². The van der Waals surface area contributed by atoms with E-state index in [4.69, 9.17) is 37.0 Å². The van der Waals surface area contributed by atoms with E-state index in [9.17, 15) is 43.2 Å². The van der Waals surface area contributed by atoms with Crippen LogP contribution in [0, 0.1) is 0 Å². The lowest BCUT2D eigenvalue weighted by Gasteiger charge is -2.21. The summed E-state index contributed by atoms with van der Waals surface area (Å²) in [6.07, 6.45) is 80.2. The molecule has 0 amide bonds. The van der Waals surface area contributed by atoms with Crippen LogP contribution in [0.1, 0.15) is 297 Å². The molecule has 0 saturated heterocycles. The second-order valence-corrected chi connectivity index (χ2v) is 28.1. The highest BCUT2D eigenvalue weighted by atomic mass is 31.2. The van der Waals surface area contributed by atoms with Gasteiger partial charge in [-0.15, -0.1) is 0 Å². The molecule has 100 heavy (non-hydrogen) atoms. The number of ether oxygens (including phenoxy) is 4. The minimum atomic E-state index is -4.99. The molecule has 0 saturated carbocycles. The fraction of sp³-hybridized carbons (Fsp3) is 0.679. The Balaban J connectivity index is 5.41. The van der Waals surface area contributed by atoms with Gasteiger partial charge in [-0.25, -0.2) is 9.13 Å². The Bertz CT molecular complexity index is 2420. The topological polar surface area (TPSA) is 237 Å². The molecule has 0 aromatic carbocycles. The second-order valence-electron chi connectivity index (χ2n) is 25.2. The number of aliphatic hydroxyl groups excluding tert-OH is 1. The maximum atomic E-state index is 13.1. The van der Waals surface area contributed by atoms with E-state index >= 15 is 0 Å². The molecule has 0 aromatic rings. The molecule has 19 heteroatoms. The number of carbonyl (C=O) groups is 4. The maximum absolute atomic E-state index is 13.1. The molecule has 3 N–H and O–H groups in total. The number of hydrogen-bond donors (Lipinski definition) is 3. The van der Waals surface area contributed by atoms with Crippen LogP contribution in [0.5, 0.6) is 0 Å². The fourth-order valence-corrected chi connectivity index (χ4v) is 11.3. The summed E-state index contributed by atoms with van der Waals surface area (Å²) in [7, 11) is -9.97. The number of allylic oxidation sites excluding steroid dienone is 22. The van der Waals surface area contributed by atoms with E-state index in [0.717, 1.165) is 180 Å². The van der Waals surface area contributed by atoms with Crippen molar-refractivity contribution in [1.82, 2.24) is 0 Å². The van der Waals surface area contributed by atoms with Gasteiger partial charge in [-0.3, -0.25) is 37.3 Å². The van der Waals surface area contributed by atoms with Crippen molar-refractivity contribution in [2.24, 2.45) is 0 Å². The van der Waals surface area contributed by atoms with Crippen molar-refractivity contribution in [3.05, 3.63) is 134 Å². The molecule has 0 aliphatic heterocycles. The number of phosphoric ester groups is 2. The predicted octanol–water partition coefficient (Wildman–Crippen LogP) is 22.1. The zero-order valence-corrected chi connectivity index (χ0v) is 64.1. The highest BCUT2D eigenvalue weighted by Crippen LogP contribution is 2.45. The third-order valence-electron chi connectivity index (χ3n) is 15.6. The lowest BCUT2D eigenvalue weighted by Crippen LogP contribution is -2.30. The number of unbranched alkanes of at least 4 members (excludes halogenated alkanes) is 23. The average Bonchev–Trinajstić information content (AvgIpc) is 0.930. The van der Waals surface area contributed by atoms with Gasteiger partial charge in [0.15, 0.2) is 12.2 Å². The Morgan fingerprint density at radius 2 is 0.530 bits per heavy atom. The Hall–Kier alpha value is -4.80. The van der Waals surface area contributed by atoms with Crippen LogP contribution in [0.25, 0.3) is 0 Å². The average molecular weight is 1440 g/mol. The first-order valence-electron chi connectivity index (χ1n) is 38.4. The van der Waals surface area contributed by atoms with Crippen LogP contribution < -0.4 is 0 Å². The van der Waals surface area contributed by atoms with Gasteiger partial charge in [0.05, 0.1) is 26.4 Å². The number of carbonyl (C=O) groups excluding carboxylic acids is 4. The molecule has 0 heterocycles. The van der Waals surface area contributed by atoms with E-state index in [2.05, 4.69) is 161 Å². The molecule has 0 aromatic heterocycles. The molecular weight excluding hydrogens is 1310 g/mol. The third kappa shape index (κ3) is 71.6. The van der Waals surface area contributed by atoms with E-state index < -0.39 is 97.5 Å². The summed E-state index contributed by atoms with van der Waals surface area (Å²) in [5.74, 6) is -2.26. The number of phosphoric acid groups is 2. The van der Waals surface area contributed by atoms with Gasteiger partial charge in [0, 0.05) is 25.7 Å². The van der Waals surface area contributed by atoms with Crippen LogP contribution in [-0.2, 0) is 65.4 Å². The fourth-order valence-electron chi connectivity index (χ4n) is 9.74. The molecule has 572 valence electrons. The Morgan fingerprint density at radius 3 is 0.850 bits per heavy atom. The smallest absolute Gasteiger partial charge is 0.462 e. The molecule has 0 aliphatic rings. The van der Waals surface area contributed by atoms with Crippen molar-refractivity contribution in [2.75, 3.05) is 39.6 Å². The summed E-state index contributed by atoms with van der Waals surface area (Å²) in [6, 6.07) is 0. The molecule has 0 rings (SSSR count). The first-order valence-corrected chi connectivity index (χ1v) is 41.4. The van der Waals surface area contributed by atoms with Crippen molar-refractivity contribution in [1.29, 1.82) is 0 Å². The Morgan fingerprint density at radius 1 is 0.290 bits per heavy atom. The molecule has 0 fully saturated rings. The van der Waals surface area contributed by atoms with Crippen LogP contribution in [0.4, 0.5) is 0 Å². The minimum absolute atomic E-state index is 0.0553. The summed E-state index contributed by atoms with van der Waals surface area (Å²) in [4.78, 5) is 72.8. The Labute approximate surface area is 605 Å². The molecular formula is C81H136O17P2. The molecule has 0 radical (unpaired) electrons. The first kappa shape index (κ1) is 95.2. The maximum Gasteiger partial charge on any atom is 0.472 e. The quantitative estimate of drug-likeness (QED) is 0.0169. The number of rotatable bonds is 71. The van der Waals surface area contributed by atoms with Crippen LogP contribution >= 0.6 is 15.6 Å². The highest BCUT2D eigenvalue weighted by Gasteiger charge is 2.30. The monoisotopic (exact) mass is 1440 g/mol.